The van der Waals surface area contributed by atoms with E-state index in [1.165, 1.54) is 0 Å². The first-order valence-electron chi connectivity index (χ1n) is 7.43. The minimum absolute atomic E-state index is 0.211. The SMILES string of the molecule is CCOC(=O)N1CCC(Nc2nccn2CCOC)CC1. The van der Waals surface area contributed by atoms with Crippen molar-refractivity contribution in [3.8, 4) is 0 Å². The Hall–Kier alpha value is -1.76. The van der Waals surface area contributed by atoms with E-state index in [2.05, 4.69) is 10.3 Å². The average molecular weight is 296 g/mol. The second kappa shape index (κ2) is 7.87. The van der Waals surface area contributed by atoms with Gasteiger partial charge in [0, 0.05) is 45.2 Å². The van der Waals surface area contributed by atoms with Crippen LogP contribution in [-0.2, 0) is 16.0 Å². The molecule has 1 aromatic rings. The van der Waals surface area contributed by atoms with E-state index in [9.17, 15) is 4.79 Å². The van der Waals surface area contributed by atoms with Crippen molar-refractivity contribution in [1.29, 1.82) is 0 Å². The highest BCUT2D eigenvalue weighted by Crippen LogP contribution is 2.16. The number of ether oxygens (including phenoxy) is 2. The number of imidazole rings is 1. The second-order valence-corrected chi connectivity index (χ2v) is 5.04. The number of carbonyl (C=O) groups excluding carboxylic acids is 1. The van der Waals surface area contributed by atoms with E-state index in [4.69, 9.17) is 9.47 Å². The van der Waals surface area contributed by atoms with Gasteiger partial charge in [-0.3, -0.25) is 0 Å². The lowest BCUT2D eigenvalue weighted by molar-refractivity contribution is 0.0982. The third-order valence-corrected chi connectivity index (χ3v) is 3.61. The van der Waals surface area contributed by atoms with Crippen molar-refractivity contribution in [3.63, 3.8) is 0 Å². The number of aromatic nitrogens is 2. The van der Waals surface area contributed by atoms with Crippen molar-refractivity contribution in [2.24, 2.45) is 0 Å². The van der Waals surface area contributed by atoms with E-state index in [1.807, 2.05) is 17.7 Å². The van der Waals surface area contributed by atoms with Crippen molar-refractivity contribution in [2.45, 2.75) is 32.4 Å². The molecule has 2 heterocycles. The van der Waals surface area contributed by atoms with Crippen LogP contribution in [0.15, 0.2) is 12.4 Å². The van der Waals surface area contributed by atoms with Crippen molar-refractivity contribution in [3.05, 3.63) is 12.4 Å². The number of carbonyl (C=O) groups is 1. The summed E-state index contributed by atoms with van der Waals surface area (Å²) >= 11 is 0. The van der Waals surface area contributed by atoms with Gasteiger partial charge in [0.2, 0.25) is 5.95 Å². The molecule has 0 bridgehead atoms. The molecule has 1 aromatic heterocycles. The first-order chi connectivity index (χ1) is 10.2. The quantitative estimate of drug-likeness (QED) is 0.863. The van der Waals surface area contributed by atoms with E-state index >= 15 is 0 Å². The first-order valence-corrected chi connectivity index (χ1v) is 7.43. The van der Waals surface area contributed by atoms with Crippen LogP contribution in [0.5, 0.6) is 0 Å². The van der Waals surface area contributed by atoms with Crippen LogP contribution in [0.25, 0.3) is 0 Å². The summed E-state index contributed by atoms with van der Waals surface area (Å²) < 4.78 is 12.2. The highest BCUT2D eigenvalue weighted by Gasteiger charge is 2.24. The molecule has 0 spiro atoms. The third-order valence-electron chi connectivity index (χ3n) is 3.61. The zero-order valence-electron chi connectivity index (χ0n) is 12.7. The largest absolute Gasteiger partial charge is 0.450 e. The summed E-state index contributed by atoms with van der Waals surface area (Å²) in [6, 6.07) is 0.333. The fourth-order valence-electron chi connectivity index (χ4n) is 2.42. The molecule has 21 heavy (non-hydrogen) atoms. The molecule has 0 atom stereocenters. The Morgan fingerprint density at radius 3 is 2.90 bits per heavy atom. The van der Waals surface area contributed by atoms with Gasteiger partial charge in [0.15, 0.2) is 0 Å². The Kier molecular flexibility index (Phi) is 5.86. The van der Waals surface area contributed by atoms with Crippen molar-refractivity contribution >= 4 is 12.0 Å². The molecule has 1 saturated heterocycles. The molecule has 0 saturated carbocycles. The lowest BCUT2D eigenvalue weighted by Crippen LogP contribution is -2.42. The monoisotopic (exact) mass is 296 g/mol. The molecule has 1 fully saturated rings. The maximum absolute atomic E-state index is 11.6. The number of nitrogens with one attached hydrogen (secondary N) is 1. The Labute approximate surface area is 125 Å². The van der Waals surface area contributed by atoms with Gasteiger partial charge in [-0.1, -0.05) is 0 Å². The smallest absolute Gasteiger partial charge is 0.409 e. The van der Waals surface area contributed by atoms with Gasteiger partial charge in [-0.15, -0.1) is 0 Å². The molecule has 118 valence electrons. The number of hydrogen-bond acceptors (Lipinski definition) is 5. The number of methoxy groups -OCH3 is 1. The zero-order valence-corrected chi connectivity index (χ0v) is 12.7. The van der Waals surface area contributed by atoms with Crippen LogP contribution in [0.3, 0.4) is 0 Å². The molecule has 1 aliphatic rings. The van der Waals surface area contributed by atoms with E-state index in [-0.39, 0.29) is 6.09 Å². The fraction of sp³-hybridized carbons (Fsp3) is 0.714. The topological polar surface area (TPSA) is 68.6 Å². The van der Waals surface area contributed by atoms with Crippen molar-refractivity contribution in [1.82, 2.24) is 14.5 Å². The molecule has 0 aromatic carbocycles. The Morgan fingerprint density at radius 1 is 1.48 bits per heavy atom. The maximum Gasteiger partial charge on any atom is 0.409 e. The second-order valence-electron chi connectivity index (χ2n) is 5.04. The summed E-state index contributed by atoms with van der Waals surface area (Å²) in [5, 5.41) is 3.45. The Balaban J connectivity index is 1.81. The fourth-order valence-corrected chi connectivity index (χ4v) is 2.42. The van der Waals surface area contributed by atoms with Crippen LogP contribution >= 0.6 is 0 Å². The zero-order chi connectivity index (χ0) is 15.1. The molecule has 7 heteroatoms. The van der Waals surface area contributed by atoms with Crippen LogP contribution in [0, 0.1) is 0 Å². The van der Waals surface area contributed by atoms with E-state index in [0.717, 1.165) is 38.4 Å². The van der Waals surface area contributed by atoms with Crippen molar-refractivity contribution < 1.29 is 14.3 Å². The number of likely N-dealkylation sites (tertiary alicyclic amines) is 1. The van der Waals surface area contributed by atoms with Crippen LogP contribution in [0.2, 0.25) is 0 Å². The van der Waals surface area contributed by atoms with E-state index in [1.54, 1.807) is 18.2 Å². The molecule has 1 amide bonds. The molecule has 7 nitrogen and oxygen atoms in total. The van der Waals surface area contributed by atoms with Gasteiger partial charge >= 0.3 is 6.09 Å². The van der Waals surface area contributed by atoms with Gasteiger partial charge < -0.3 is 24.3 Å². The molecule has 2 rings (SSSR count). The van der Waals surface area contributed by atoms with Crippen molar-refractivity contribution in [2.75, 3.05) is 38.7 Å². The molecule has 1 N–H and O–H groups in total. The molecular weight excluding hydrogens is 272 g/mol. The average Bonchev–Trinajstić information content (AvgIpc) is 2.93. The third kappa shape index (κ3) is 4.35. The van der Waals surface area contributed by atoms with E-state index < -0.39 is 0 Å². The summed E-state index contributed by atoms with van der Waals surface area (Å²) in [6.07, 6.45) is 5.31. The molecular formula is C14H24N4O3. The number of piperidine rings is 1. The summed E-state index contributed by atoms with van der Waals surface area (Å²) in [5.41, 5.74) is 0. The summed E-state index contributed by atoms with van der Waals surface area (Å²) in [6.45, 7) is 5.12. The maximum atomic E-state index is 11.6. The van der Waals surface area contributed by atoms with Gasteiger partial charge in [-0.2, -0.15) is 0 Å². The number of amides is 1. The predicted octanol–water partition coefficient (Wildman–Crippen LogP) is 1.56. The highest BCUT2D eigenvalue weighted by molar-refractivity contribution is 5.67. The number of nitrogens with zero attached hydrogens (tertiary/aromatic N) is 3. The normalized spacial score (nSPS) is 16.0. The minimum Gasteiger partial charge on any atom is -0.450 e. The van der Waals surface area contributed by atoms with Crippen LogP contribution < -0.4 is 5.32 Å². The Morgan fingerprint density at radius 2 is 2.24 bits per heavy atom. The molecule has 0 radical (unpaired) electrons. The lowest BCUT2D eigenvalue weighted by Gasteiger charge is -2.31. The minimum atomic E-state index is -0.211. The Bertz CT molecular complexity index is 441. The van der Waals surface area contributed by atoms with Gasteiger partial charge in [0.05, 0.1) is 13.2 Å². The molecule has 0 aliphatic carbocycles. The van der Waals surface area contributed by atoms with Crippen LogP contribution in [-0.4, -0.2) is 60.0 Å². The van der Waals surface area contributed by atoms with Gasteiger partial charge in [-0.25, -0.2) is 9.78 Å². The standard InChI is InChI=1S/C14H24N4O3/c1-3-21-14(19)18-7-4-12(5-8-18)16-13-15-6-9-17(13)10-11-20-2/h6,9,12H,3-5,7-8,10-11H2,1-2H3,(H,15,16). The predicted molar refractivity (Wildman–Crippen MR) is 79.3 cm³/mol. The number of hydrogen-bond donors (Lipinski definition) is 1. The van der Waals surface area contributed by atoms with Crippen LogP contribution in [0.4, 0.5) is 10.7 Å². The highest BCUT2D eigenvalue weighted by atomic mass is 16.6. The van der Waals surface area contributed by atoms with Gasteiger partial charge in [-0.05, 0) is 19.8 Å². The van der Waals surface area contributed by atoms with Crippen LogP contribution in [0.1, 0.15) is 19.8 Å². The lowest BCUT2D eigenvalue weighted by atomic mass is 10.1. The number of rotatable bonds is 6. The van der Waals surface area contributed by atoms with Gasteiger partial charge in [0.1, 0.15) is 0 Å². The molecule has 0 unspecified atom stereocenters. The van der Waals surface area contributed by atoms with E-state index in [0.29, 0.717) is 19.3 Å². The molecule has 1 aliphatic heterocycles. The number of anilines is 1. The summed E-state index contributed by atoms with van der Waals surface area (Å²) in [4.78, 5) is 17.7. The van der Waals surface area contributed by atoms with Gasteiger partial charge in [0.25, 0.3) is 0 Å². The first kappa shape index (κ1) is 15.6. The summed E-state index contributed by atoms with van der Waals surface area (Å²) in [5.74, 6) is 0.863. The summed E-state index contributed by atoms with van der Waals surface area (Å²) in [7, 11) is 1.69.